The van der Waals surface area contributed by atoms with E-state index in [1.165, 1.54) is 0 Å². The highest BCUT2D eigenvalue weighted by Gasteiger charge is 2.75. The summed E-state index contributed by atoms with van der Waals surface area (Å²) in [5.74, 6) is -0.450. The van der Waals surface area contributed by atoms with Crippen molar-refractivity contribution in [1.29, 1.82) is 0 Å². The van der Waals surface area contributed by atoms with Gasteiger partial charge in [-0.3, -0.25) is 0 Å². The van der Waals surface area contributed by atoms with Crippen molar-refractivity contribution >= 4 is 5.69 Å². The van der Waals surface area contributed by atoms with E-state index < -0.39 is 17.2 Å². The lowest BCUT2D eigenvalue weighted by Crippen LogP contribution is -2.64. The van der Waals surface area contributed by atoms with Gasteiger partial charge in [0.05, 0.1) is 19.0 Å². The Morgan fingerprint density at radius 3 is 2.83 bits per heavy atom. The quantitative estimate of drug-likeness (QED) is 0.545. The lowest BCUT2D eigenvalue weighted by Gasteiger charge is -2.58. The number of nitrogens with one attached hydrogen (secondary N) is 1. The van der Waals surface area contributed by atoms with Crippen molar-refractivity contribution in [3.63, 3.8) is 0 Å². The molecule has 1 saturated carbocycles. The van der Waals surface area contributed by atoms with Crippen LogP contribution in [-0.2, 0) is 5.60 Å². The van der Waals surface area contributed by atoms with E-state index in [0.29, 0.717) is 19.5 Å². The van der Waals surface area contributed by atoms with Crippen LogP contribution < -0.4 is 5.32 Å². The smallest absolute Gasteiger partial charge is 0.157 e. The second kappa shape index (κ2) is 4.33. The highest BCUT2D eigenvalue weighted by Crippen LogP contribution is 2.66. The van der Waals surface area contributed by atoms with Gasteiger partial charge in [0.2, 0.25) is 0 Å². The number of fused-ring (bicyclic) bond motifs is 1. The minimum atomic E-state index is -1.24. The first-order chi connectivity index (χ1) is 11.4. The Hall–Kier alpha value is -1.14. The molecule has 6 atom stereocenters. The standard InChI is InChI=1S/C19H26N2O3/c1-2-17-8-5-11-21(24)12-15-18(22,10-9-17)20-14-7-4-3-6-13(14)19(15,23)16(17)21/h3-4,6-7,15-16,20,22-23H,2,5,8-12H2,1H3/t15-,16+,17+,18-,19-,21+/m0/s1. The molecule has 3 aliphatic heterocycles. The summed E-state index contributed by atoms with van der Waals surface area (Å²) in [6.07, 6.45) is 4.17. The summed E-state index contributed by atoms with van der Waals surface area (Å²) in [7, 11) is 0. The summed E-state index contributed by atoms with van der Waals surface area (Å²) in [6.45, 7) is 3.01. The molecule has 0 unspecified atom stereocenters. The molecule has 0 spiro atoms. The highest BCUT2D eigenvalue weighted by molar-refractivity contribution is 5.60. The minimum Gasteiger partial charge on any atom is -0.632 e. The number of hydrogen-bond acceptors (Lipinski definition) is 4. The summed E-state index contributed by atoms with van der Waals surface area (Å²) in [5.41, 5.74) is -1.04. The van der Waals surface area contributed by atoms with Crippen LogP contribution >= 0.6 is 0 Å². The Kier molecular flexibility index (Phi) is 2.73. The van der Waals surface area contributed by atoms with Crippen LogP contribution in [0.15, 0.2) is 24.3 Å². The molecule has 1 aliphatic carbocycles. The SMILES string of the molecule is CC[C@@]12CCC[N@@+]3([O-])C[C@@H]4[C@@](O)(c5ccccc5N[C@]4(O)CC1)[C@@H]23. The van der Waals surface area contributed by atoms with Gasteiger partial charge in [0, 0.05) is 16.7 Å². The molecule has 0 radical (unpaired) electrons. The molecule has 2 saturated heterocycles. The van der Waals surface area contributed by atoms with Crippen molar-refractivity contribution < 1.29 is 14.9 Å². The fourth-order valence-electron chi connectivity index (χ4n) is 6.72. The van der Waals surface area contributed by atoms with E-state index in [9.17, 15) is 15.4 Å². The second-order valence-corrected chi connectivity index (χ2v) is 8.55. The van der Waals surface area contributed by atoms with Crippen molar-refractivity contribution in [2.24, 2.45) is 11.3 Å². The lowest BCUT2D eigenvalue weighted by molar-refractivity contribution is -0.913. The zero-order valence-corrected chi connectivity index (χ0v) is 14.2. The first-order valence-electron chi connectivity index (χ1n) is 9.28. The minimum absolute atomic E-state index is 0.187. The van der Waals surface area contributed by atoms with Crippen molar-refractivity contribution in [1.82, 2.24) is 0 Å². The van der Waals surface area contributed by atoms with E-state index in [-0.39, 0.29) is 16.1 Å². The Morgan fingerprint density at radius 2 is 2.04 bits per heavy atom. The Labute approximate surface area is 142 Å². The van der Waals surface area contributed by atoms with Crippen molar-refractivity contribution in [2.75, 3.05) is 18.4 Å². The monoisotopic (exact) mass is 330 g/mol. The third-order valence-corrected chi connectivity index (χ3v) is 7.70. The van der Waals surface area contributed by atoms with Gasteiger partial charge in [-0.2, -0.15) is 0 Å². The topological polar surface area (TPSA) is 75.5 Å². The van der Waals surface area contributed by atoms with Gasteiger partial charge in [-0.05, 0) is 38.2 Å². The number of benzene rings is 1. The van der Waals surface area contributed by atoms with Gasteiger partial charge in [0.15, 0.2) is 5.60 Å². The fourth-order valence-corrected chi connectivity index (χ4v) is 6.72. The Bertz CT molecular complexity index is 712. The molecule has 4 aliphatic rings. The highest BCUT2D eigenvalue weighted by atomic mass is 16.6. The molecule has 0 aromatic heterocycles. The summed E-state index contributed by atoms with van der Waals surface area (Å²) in [5, 5.41) is 40.6. The predicted octanol–water partition coefficient (Wildman–Crippen LogP) is 2.29. The fraction of sp³-hybridized carbons (Fsp3) is 0.684. The van der Waals surface area contributed by atoms with E-state index in [2.05, 4.69) is 12.2 Å². The predicted molar refractivity (Wildman–Crippen MR) is 90.7 cm³/mol. The van der Waals surface area contributed by atoms with E-state index >= 15 is 0 Å². The number of hydroxylamine groups is 3. The van der Waals surface area contributed by atoms with Crippen molar-refractivity contribution in [2.45, 2.75) is 56.4 Å². The molecule has 3 N–H and O–H groups in total. The maximum absolute atomic E-state index is 13.8. The molecule has 4 bridgehead atoms. The Morgan fingerprint density at radius 1 is 1.25 bits per heavy atom. The summed E-state index contributed by atoms with van der Waals surface area (Å²) < 4.78 is -0.340. The maximum Gasteiger partial charge on any atom is 0.157 e. The van der Waals surface area contributed by atoms with E-state index in [1.807, 2.05) is 24.3 Å². The van der Waals surface area contributed by atoms with E-state index in [4.69, 9.17) is 0 Å². The maximum atomic E-state index is 13.8. The first kappa shape index (κ1) is 15.1. The molecule has 1 aromatic carbocycles. The van der Waals surface area contributed by atoms with Gasteiger partial charge >= 0.3 is 0 Å². The normalized spacial score (nSPS) is 51.5. The summed E-state index contributed by atoms with van der Waals surface area (Å²) >= 11 is 0. The molecule has 1 aromatic rings. The van der Waals surface area contributed by atoms with Crippen LogP contribution in [0.5, 0.6) is 0 Å². The van der Waals surface area contributed by atoms with Crippen molar-refractivity contribution in [3.8, 4) is 0 Å². The van der Waals surface area contributed by atoms with Crippen LogP contribution in [0.1, 0.15) is 44.6 Å². The van der Waals surface area contributed by atoms with Gasteiger partial charge in [-0.15, -0.1) is 0 Å². The molecule has 3 heterocycles. The molecule has 24 heavy (non-hydrogen) atoms. The van der Waals surface area contributed by atoms with Gasteiger partial charge in [0.1, 0.15) is 11.8 Å². The molecule has 130 valence electrons. The van der Waals surface area contributed by atoms with Gasteiger partial charge in [0.25, 0.3) is 0 Å². The van der Waals surface area contributed by atoms with Crippen LogP contribution in [0.2, 0.25) is 0 Å². The number of aliphatic hydroxyl groups is 2. The molecule has 0 amide bonds. The number of quaternary nitrogens is 1. The van der Waals surface area contributed by atoms with Crippen LogP contribution in [-0.4, -0.2) is 39.7 Å². The van der Waals surface area contributed by atoms with Gasteiger partial charge in [-0.25, -0.2) is 0 Å². The molecular formula is C19H26N2O3. The molecule has 5 nitrogen and oxygen atoms in total. The first-order valence-corrected chi connectivity index (χ1v) is 9.28. The Balaban J connectivity index is 1.83. The molecule has 5 rings (SSSR count). The largest absolute Gasteiger partial charge is 0.632 e. The third kappa shape index (κ3) is 1.51. The zero-order valence-electron chi connectivity index (χ0n) is 14.2. The number of nitrogens with zero attached hydrogens (tertiary/aromatic N) is 1. The third-order valence-electron chi connectivity index (χ3n) is 7.70. The number of para-hydroxylation sites is 1. The van der Waals surface area contributed by atoms with Crippen LogP contribution in [0, 0.1) is 16.5 Å². The van der Waals surface area contributed by atoms with E-state index in [0.717, 1.165) is 36.9 Å². The zero-order chi connectivity index (χ0) is 16.8. The second-order valence-electron chi connectivity index (χ2n) is 8.55. The summed E-state index contributed by atoms with van der Waals surface area (Å²) in [6, 6.07) is 7.31. The number of hydrogen-bond donors (Lipinski definition) is 3. The van der Waals surface area contributed by atoms with Crippen LogP contribution in [0.25, 0.3) is 0 Å². The van der Waals surface area contributed by atoms with E-state index in [1.54, 1.807) is 0 Å². The molecule has 3 fully saturated rings. The van der Waals surface area contributed by atoms with Gasteiger partial charge < -0.3 is 25.4 Å². The van der Waals surface area contributed by atoms with Crippen LogP contribution in [0.3, 0.4) is 0 Å². The number of anilines is 1. The number of rotatable bonds is 1. The molecular weight excluding hydrogens is 304 g/mol. The average molecular weight is 330 g/mol. The number of piperidine rings is 1. The lowest BCUT2D eigenvalue weighted by atomic mass is 9.62. The summed E-state index contributed by atoms with van der Waals surface area (Å²) in [4.78, 5) is 0. The van der Waals surface area contributed by atoms with Crippen LogP contribution in [0.4, 0.5) is 5.69 Å². The molecule has 5 heteroatoms. The van der Waals surface area contributed by atoms with Crippen molar-refractivity contribution in [3.05, 3.63) is 35.0 Å². The van der Waals surface area contributed by atoms with Gasteiger partial charge in [-0.1, -0.05) is 25.1 Å². The average Bonchev–Trinajstić information content (AvgIpc) is 2.81.